The first-order valence-corrected chi connectivity index (χ1v) is 22.8. The van der Waals surface area contributed by atoms with Gasteiger partial charge in [-0.15, -0.1) is 68.0 Å². The third-order valence-electron chi connectivity index (χ3n) is 8.98. The van der Waals surface area contributed by atoms with Gasteiger partial charge in [0.2, 0.25) is 0 Å². The Morgan fingerprint density at radius 3 is 0.855 bits per heavy atom. The Labute approximate surface area is 346 Å². The summed E-state index contributed by atoms with van der Waals surface area (Å²) in [5.41, 5.74) is 7.02. The number of hydrogen-bond donors (Lipinski definition) is 0. The number of hydrogen-bond acceptors (Lipinski definition) is 7. The number of rotatable bonds is 12. The van der Waals surface area contributed by atoms with E-state index in [-0.39, 0.29) is 0 Å². The van der Waals surface area contributed by atoms with Crippen LogP contribution in [0, 0.1) is 0 Å². The van der Waals surface area contributed by atoms with E-state index >= 15 is 0 Å². The summed E-state index contributed by atoms with van der Waals surface area (Å²) in [6.45, 7) is 0. The molecule has 7 heteroatoms. The Bertz CT molecular complexity index is 2360. The van der Waals surface area contributed by atoms with Crippen LogP contribution in [0.4, 0.5) is 17.1 Å². The molecule has 55 heavy (non-hydrogen) atoms. The Kier molecular flexibility index (Phi) is 10.8. The van der Waals surface area contributed by atoms with Crippen LogP contribution in [-0.2, 0) is 0 Å². The van der Waals surface area contributed by atoms with Crippen LogP contribution in [0.15, 0.2) is 162 Å². The maximum absolute atomic E-state index is 2.36. The summed E-state index contributed by atoms with van der Waals surface area (Å²) in [6, 6.07) is 53.0. The lowest BCUT2D eigenvalue weighted by atomic mass is 10.1. The lowest BCUT2D eigenvalue weighted by Gasteiger charge is -2.26. The zero-order chi connectivity index (χ0) is 36.8. The van der Waals surface area contributed by atoms with Crippen LogP contribution in [-0.4, -0.2) is 0 Å². The van der Waals surface area contributed by atoms with Gasteiger partial charge in [0.25, 0.3) is 0 Å². The second-order valence-corrected chi connectivity index (χ2v) is 18.9. The van der Waals surface area contributed by atoms with Crippen molar-refractivity contribution >= 4 is 122 Å². The van der Waals surface area contributed by atoms with Gasteiger partial charge in [-0.1, -0.05) is 54.6 Å². The number of nitrogens with zero attached hydrogens (tertiary/aromatic N) is 1. The molecule has 0 radical (unpaired) electrons. The van der Waals surface area contributed by atoms with Crippen molar-refractivity contribution in [2.24, 2.45) is 0 Å². The fourth-order valence-corrected chi connectivity index (χ4v) is 10.8. The highest BCUT2D eigenvalue weighted by Gasteiger charge is 2.15. The second-order valence-electron chi connectivity index (χ2n) is 12.6. The minimum absolute atomic E-state index is 1.12. The van der Waals surface area contributed by atoms with Crippen LogP contribution in [0.1, 0.15) is 29.3 Å². The molecule has 0 saturated carbocycles. The van der Waals surface area contributed by atoms with Crippen molar-refractivity contribution in [3.05, 3.63) is 191 Å². The summed E-state index contributed by atoms with van der Waals surface area (Å²) in [6.07, 6.45) is 13.2. The van der Waals surface area contributed by atoms with Gasteiger partial charge in [0, 0.05) is 61.0 Å². The van der Waals surface area contributed by atoms with Gasteiger partial charge >= 0.3 is 0 Å². The van der Waals surface area contributed by atoms with Crippen LogP contribution in [0.25, 0.3) is 67.8 Å². The van der Waals surface area contributed by atoms with E-state index < -0.39 is 0 Å². The van der Waals surface area contributed by atoms with Crippen LogP contribution < -0.4 is 4.90 Å². The molecule has 6 heterocycles. The molecule has 0 amide bonds. The minimum atomic E-state index is 1.12. The van der Waals surface area contributed by atoms with Gasteiger partial charge in [0.1, 0.15) is 0 Å². The number of anilines is 3. The Morgan fingerprint density at radius 2 is 0.582 bits per heavy atom. The highest BCUT2D eigenvalue weighted by Crippen LogP contribution is 2.40. The van der Waals surface area contributed by atoms with E-state index in [2.05, 4.69) is 203 Å². The zero-order valence-corrected chi connectivity index (χ0v) is 34.3. The first-order chi connectivity index (χ1) is 27.2. The van der Waals surface area contributed by atoms with Crippen molar-refractivity contribution in [2.75, 3.05) is 4.90 Å². The topological polar surface area (TPSA) is 3.24 Å². The molecule has 0 aliphatic carbocycles. The molecule has 266 valence electrons. The van der Waals surface area contributed by atoms with E-state index in [1.54, 1.807) is 34.0 Å². The van der Waals surface area contributed by atoms with Gasteiger partial charge in [-0.3, -0.25) is 0 Å². The largest absolute Gasteiger partial charge is 0.311 e. The third kappa shape index (κ3) is 8.58. The van der Waals surface area contributed by atoms with Gasteiger partial charge in [-0.2, -0.15) is 0 Å². The summed E-state index contributed by atoms with van der Waals surface area (Å²) in [5.74, 6) is 0. The molecule has 0 N–H and O–H groups in total. The van der Waals surface area contributed by atoms with E-state index in [0.29, 0.717) is 0 Å². The monoisotopic (exact) mass is 815 g/mol. The predicted octanol–water partition coefficient (Wildman–Crippen LogP) is 17.0. The average Bonchev–Trinajstić information content (AvgIpc) is 4.09. The second kappa shape index (κ2) is 16.7. The standard InChI is InChI=1S/C48H33NS6/c1-4-40(50-31-1)19-22-43-25-28-46(53-43)34-7-13-37(14-8-34)49(38-15-9-35(10-16-38)47-29-26-44(54-47)23-20-41-5-2-32-51-41)39-17-11-36(12-18-39)48-30-27-45(55-48)24-21-42-6-3-33-52-42/h1-33H. The molecule has 0 unspecified atom stereocenters. The highest BCUT2D eigenvalue weighted by molar-refractivity contribution is 7.17. The lowest BCUT2D eigenvalue weighted by Crippen LogP contribution is -2.09. The van der Waals surface area contributed by atoms with Gasteiger partial charge in [-0.05, 0) is 160 Å². The van der Waals surface area contributed by atoms with Crippen molar-refractivity contribution in [3.63, 3.8) is 0 Å². The Morgan fingerprint density at radius 1 is 0.291 bits per heavy atom. The lowest BCUT2D eigenvalue weighted by molar-refractivity contribution is 1.28. The normalized spacial score (nSPS) is 11.8. The molecule has 0 atom stereocenters. The predicted molar refractivity (Wildman–Crippen MR) is 251 cm³/mol. The van der Waals surface area contributed by atoms with E-state index in [0.717, 1.165) is 17.1 Å². The van der Waals surface area contributed by atoms with Crippen LogP contribution in [0.2, 0.25) is 0 Å². The van der Waals surface area contributed by atoms with Crippen LogP contribution in [0.3, 0.4) is 0 Å². The molecule has 0 bridgehead atoms. The fourth-order valence-electron chi connectivity index (χ4n) is 6.22. The summed E-state index contributed by atoms with van der Waals surface area (Å²) < 4.78 is 0. The van der Waals surface area contributed by atoms with E-state index in [1.165, 1.54) is 60.6 Å². The maximum Gasteiger partial charge on any atom is 0.0462 e. The molecule has 0 spiro atoms. The van der Waals surface area contributed by atoms with Crippen LogP contribution >= 0.6 is 68.0 Å². The number of benzene rings is 3. The molecule has 0 aliphatic rings. The first kappa shape index (κ1) is 35.6. The molecule has 0 fully saturated rings. The average molecular weight is 816 g/mol. The molecule has 1 nitrogen and oxygen atoms in total. The third-order valence-corrected chi connectivity index (χ3v) is 14.8. The summed E-state index contributed by atoms with van der Waals surface area (Å²) in [5, 5.41) is 6.35. The van der Waals surface area contributed by atoms with Gasteiger partial charge < -0.3 is 4.90 Å². The molecule has 3 aromatic carbocycles. The summed E-state index contributed by atoms with van der Waals surface area (Å²) in [7, 11) is 0. The van der Waals surface area contributed by atoms with Crippen molar-refractivity contribution in [1.82, 2.24) is 0 Å². The van der Waals surface area contributed by atoms with Gasteiger partial charge in [0.15, 0.2) is 0 Å². The van der Waals surface area contributed by atoms with Crippen molar-refractivity contribution in [1.29, 1.82) is 0 Å². The molecule has 0 aliphatic heterocycles. The summed E-state index contributed by atoms with van der Waals surface area (Å²) >= 11 is 10.7. The van der Waals surface area contributed by atoms with Crippen molar-refractivity contribution in [2.45, 2.75) is 0 Å². The summed E-state index contributed by atoms with van der Waals surface area (Å²) in [4.78, 5) is 13.7. The minimum Gasteiger partial charge on any atom is -0.311 e. The molecule has 9 aromatic rings. The Hall–Kier alpha value is -5.12. The highest BCUT2D eigenvalue weighted by atomic mass is 32.1. The van der Waals surface area contributed by atoms with E-state index in [9.17, 15) is 0 Å². The van der Waals surface area contributed by atoms with Gasteiger partial charge in [-0.25, -0.2) is 0 Å². The quantitative estimate of drug-likeness (QED) is 0.119. The smallest absolute Gasteiger partial charge is 0.0462 e. The maximum atomic E-state index is 2.36. The fraction of sp³-hybridized carbons (Fsp3) is 0. The van der Waals surface area contributed by atoms with E-state index in [1.807, 2.05) is 34.0 Å². The van der Waals surface area contributed by atoms with Crippen LogP contribution in [0.5, 0.6) is 0 Å². The SMILES string of the molecule is C(=Cc1ccc(-c2ccc(N(c3ccc(-c4ccc(C=Cc5cccs5)s4)cc3)c3ccc(-c4ccc(C=Cc5cccs5)s4)cc3)cc2)s1)c1cccs1. The van der Waals surface area contributed by atoms with Gasteiger partial charge in [0.05, 0.1) is 0 Å². The zero-order valence-electron chi connectivity index (χ0n) is 29.4. The first-order valence-electron chi connectivity index (χ1n) is 17.8. The Balaban J connectivity index is 0.989. The van der Waals surface area contributed by atoms with Crippen molar-refractivity contribution < 1.29 is 0 Å². The molecular formula is C48H33NS6. The number of thiophene rings is 6. The molecule has 9 rings (SSSR count). The van der Waals surface area contributed by atoms with Crippen molar-refractivity contribution in [3.8, 4) is 31.3 Å². The molecule has 6 aromatic heterocycles. The molecule has 0 saturated heterocycles. The van der Waals surface area contributed by atoms with E-state index in [4.69, 9.17) is 0 Å². The molecular weight excluding hydrogens is 783 g/mol.